The molecule has 0 bridgehead atoms. The Morgan fingerprint density at radius 1 is 1.62 bits per heavy atom. The van der Waals surface area contributed by atoms with Crippen LogP contribution in [0.25, 0.3) is 11.1 Å². The van der Waals surface area contributed by atoms with Gasteiger partial charge >= 0.3 is 5.97 Å². The highest BCUT2D eigenvalue weighted by Crippen LogP contribution is 2.21. The average molecular weight is 243 g/mol. The van der Waals surface area contributed by atoms with Crippen molar-refractivity contribution in [2.45, 2.75) is 0 Å². The lowest BCUT2D eigenvalue weighted by atomic mass is 10.2. The summed E-state index contributed by atoms with van der Waals surface area (Å²) in [7, 11) is 0. The minimum atomic E-state index is -1.03. The van der Waals surface area contributed by atoms with Gasteiger partial charge in [0.15, 0.2) is 4.60 Å². The van der Waals surface area contributed by atoms with E-state index in [0.29, 0.717) is 15.7 Å². The number of nitrogens with zero attached hydrogens (tertiary/aromatic N) is 2. The fourth-order valence-corrected chi connectivity index (χ4v) is 1.28. The number of aromatic nitrogens is 2. The molecule has 0 aliphatic carbocycles. The largest absolute Gasteiger partial charge is 0.478 e. The second kappa shape index (κ2) is 2.81. The third-order valence-corrected chi connectivity index (χ3v) is 2.10. The molecule has 2 rings (SSSR count). The van der Waals surface area contributed by atoms with Crippen molar-refractivity contribution in [2.24, 2.45) is 0 Å². The van der Waals surface area contributed by atoms with E-state index in [1.54, 1.807) is 0 Å². The summed E-state index contributed by atoms with van der Waals surface area (Å²) in [4.78, 5) is 14.4. The first-order valence-corrected chi connectivity index (χ1v) is 4.12. The van der Waals surface area contributed by atoms with Gasteiger partial charge in [0, 0.05) is 6.20 Å². The average Bonchev–Trinajstić information content (AvgIpc) is 2.47. The molecule has 0 atom stereocenters. The number of pyridine rings is 1. The number of aromatic carboxylic acids is 1. The van der Waals surface area contributed by atoms with Gasteiger partial charge in [0.2, 0.25) is 0 Å². The Bertz CT molecular complexity index is 480. The standard InChI is InChI=1S/C7H3BrN2O3/c8-5-4-1-3(7(11)12)2-9-6(4)13-10-5/h1-2H,(H,11,12). The maximum Gasteiger partial charge on any atom is 0.337 e. The van der Waals surface area contributed by atoms with E-state index in [0.717, 1.165) is 0 Å². The van der Waals surface area contributed by atoms with Crippen molar-refractivity contribution in [3.63, 3.8) is 0 Å². The van der Waals surface area contributed by atoms with Crippen molar-refractivity contribution in [3.8, 4) is 0 Å². The zero-order valence-corrected chi connectivity index (χ0v) is 7.78. The van der Waals surface area contributed by atoms with Crippen molar-refractivity contribution >= 4 is 33.0 Å². The summed E-state index contributed by atoms with van der Waals surface area (Å²) in [5, 5.41) is 12.8. The second-order valence-corrected chi connectivity index (χ2v) is 3.11. The topological polar surface area (TPSA) is 76.2 Å². The van der Waals surface area contributed by atoms with Crippen LogP contribution >= 0.6 is 15.9 Å². The number of halogens is 1. The van der Waals surface area contributed by atoms with E-state index in [1.807, 2.05) is 0 Å². The van der Waals surface area contributed by atoms with Gasteiger partial charge in [0.1, 0.15) is 0 Å². The number of rotatable bonds is 1. The number of carboxylic acid groups (broad SMARTS) is 1. The van der Waals surface area contributed by atoms with Crippen molar-refractivity contribution in [1.29, 1.82) is 0 Å². The lowest BCUT2D eigenvalue weighted by Gasteiger charge is -1.91. The van der Waals surface area contributed by atoms with Crippen LogP contribution in [0.5, 0.6) is 0 Å². The SMILES string of the molecule is O=C(O)c1cnc2onc(Br)c2c1. The summed E-state index contributed by atoms with van der Waals surface area (Å²) < 4.78 is 5.24. The summed E-state index contributed by atoms with van der Waals surface area (Å²) in [6, 6.07) is 1.45. The Labute approximate surface area is 80.5 Å². The van der Waals surface area contributed by atoms with Crippen LogP contribution in [0.2, 0.25) is 0 Å². The Morgan fingerprint density at radius 2 is 2.38 bits per heavy atom. The molecule has 0 unspecified atom stereocenters. The van der Waals surface area contributed by atoms with Crippen LogP contribution in [0.15, 0.2) is 21.4 Å². The minimum Gasteiger partial charge on any atom is -0.478 e. The molecule has 0 spiro atoms. The number of hydrogen-bond acceptors (Lipinski definition) is 4. The van der Waals surface area contributed by atoms with Gasteiger partial charge in [0.25, 0.3) is 5.71 Å². The first kappa shape index (κ1) is 8.18. The van der Waals surface area contributed by atoms with Gasteiger partial charge in [-0.3, -0.25) is 0 Å². The molecule has 2 heterocycles. The van der Waals surface area contributed by atoms with Crippen LogP contribution in [0, 0.1) is 0 Å². The number of carbonyl (C=O) groups is 1. The van der Waals surface area contributed by atoms with Crippen LogP contribution in [0.3, 0.4) is 0 Å². The van der Waals surface area contributed by atoms with Crippen molar-refractivity contribution in [3.05, 3.63) is 22.4 Å². The maximum absolute atomic E-state index is 10.6. The molecule has 0 aliphatic heterocycles. The lowest BCUT2D eigenvalue weighted by molar-refractivity contribution is 0.0696. The van der Waals surface area contributed by atoms with Gasteiger partial charge < -0.3 is 9.63 Å². The van der Waals surface area contributed by atoms with Gasteiger partial charge in [-0.05, 0) is 22.0 Å². The Morgan fingerprint density at radius 3 is 3.08 bits per heavy atom. The monoisotopic (exact) mass is 242 g/mol. The molecule has 5 nitrogen and oxygen atoms in total. The predicted molar refractivity (Wildman–Crippen MR) is 46.5 cm³/mol. The maximum atomic E-state index is 10.6. The molecule has 0 amide bonds. The van der Waals surface area contributed by atoms with Crippen molar-refractivity contribution in [2.75, 3.05) is 0 Å². The van der Waals surface area contributed by atoms with E-state index in [2.05, 4.69) is 26.1 Å². The molecule has 6 heteroatoms. The lowest BCUT2D eigenvalue weighted by Crippen LogP contribution is -1.96. The van der Waals surface area contributed by atoms with E-state index in [4.69, 9.17) is 9.63 Å². The molecular weight excluding hydrogens is 240 g/mol. The first-order valence-electron chi connectivity index (χ1n) is 3.32. The van der Waals surface area contributed by atoms with Gasteiger partial charge in [-0.1, -0.05) is 5.16 Å². The number of hydrogen-bond donors (Lipinski definition) is 1. The van der Waals surface area contributed by atoms with Crippen LogP contribution < -0.4 is 0 Å². The first-order chi connectivity index (χ1) is 6.18. The van der Waals surface area contributed by atoms with Gasteiger partial charge in [0.05, 0.1) is 10.9 Å². The summed E-state index contributed by atoms with van der Waals surface area (Å²) >= 11 is 3.11. The molecule has 66 valence electrons. The molecule has 13 heavy (non-hydrogen) atoms. The van der Waals surface area contributed by atoms with Gasteiger partial charge in [-0.2, -0.15) is 0 Å². The highest BCUT2D eigenvalue weighted by molar-refractivity contribution is 9.10. The molecular formula is C7H3BrN2O3. The second-order valence-electron chi connectivity index (χ2n) is 2.36. The summed E-state index contributed by atoms with van der Waals surface area (Å²) in [5.74, 6) is -1.03. The molecule has 2 aromatic rings. The normalized spacial score (nSPS) is 10.5. The van der Waals surface area contributed by atoms with Crippen LogP contribution in [-0.2, 0) is 0 Å². The van der Waals surface area contributed by atoms with E-state index in [9.17, 15) is 4.79 Å². The van der Waals surface area contributed by atoms with Crippen molar-refractivity contribution in [1.82, 2.24) is 10.1 Å². The molecule has 0 saturated heterocycles. The number of carboxylic acids is 1. The predicted octanol–water partition coefficient (Wildman–Crippen LogP) is 1.68. The zero-order valence-electron chi connectivity index (χ0n) is 6.19. The van der Waals surface area contributed by atoms with Crippen molar-refractivity contribution < 1.29 is 14.4 Å². The molecule has 0 aromatic carbocycles. The molecule has 0 saturated carbocycles. The van der Waals surface area contributed by atoms with Crippen LogP contribution in [-0.4, -0.2) is 21.2 Å². The van der Waals surface area contributed by atoms with Gasteiger partial charge in [-0.25, -0.2) is 9.78 Å². The van der Waals surface area contributed by atoms with E-state index in [-0.39, 0.29) is 5.56 Å². The fourth-order valence-electron chi connectivity index (χ4n) is 0.922. The van der Waals surface area contributed by atoms with Crippen LogP contribution in [0.4, 0.5) is 0 Å². The molecule has 2 aromatic heterocycles. The van der Waals surface area contributed by atoms with Gasteiger partial charge in [-0.15, -0.1) is 0 Å². The fraction of sp³-hybridized carbons (Fsp3) is 0. The Kier molecular flexibility index (Phi) is 1.77. The molecule has 0 aliphatic rings. The summed E-state index contributed by atoms with van der Waals surface area (Å²) in [6.45, 7) is 0. The van der Waals surface area contributed by atoms with E-state index < -0.39 is 5.97 Å². The summed E-state index contributed by atoms with van der Waals surface area (Å²) in [5.41, 5.74) is 0.424. The highest BCUT2D eigenvalue weighted by atomic mass is 79.9. The third-order valence-electron chi connectivity index (χ3n) is 1.53. The van der Waals surface area contributed by atoms with Crippen LogP contribution in [0.1, 0.15) is 10.4 Å². The van der Waals surface area contributed by atoms with E-state index >= 15 is 0 Å². The zero-order chi connectivity index (χ0) is 9.42. The Balaban J connectivity index is 2.72. The summed E-state index contributed by atoms with van der Waals surface area (Å²) in [6.07, 6.45) is 1.22. The molecule has 0 radical (unpaired) electrons. The highest BCUT2D eigenvalue weighted by Gasteiger charge is 2.10. The number of fused-ring (bicyclic) bond motifs is 1. The molecule has 1 N–H and O–H groups in total. The third kappa shape index (κ3) is 1.29. The molecule has 0 fully saturated rings. The minimum absolute atomic E-state index is 0.108. The van der Waals surface area contributed by atoms with E-state index in [1.165, 1.54) is 12.3 Å². The Hall–Kier alpha value is -1.43. The quantitative estimate of drug-likeness (QED) is 0.824. The smallest absolute Gasteiger partial charge is 0.337 e.